The lowest BCUT2D eigenvalue weighted by molar-refractivity contribution is -0.143. The van der Waals surface area contributed by atoms with Gasteiger partial charge in [-0.1, -0.05) is 34.6 Å². The van der Waals surface area contributed by atoms with Gasteiger partial charge in [0.25, 0.3) is 0 Å². The lowest BCUT2D eigenvalue weighted by atomic mass is 9.92. The number of Topliss-reactive ketones (excluding diaryl/α,β-unsaturated/α-hetero) is 1. The summed E-state index contributed by atoms with van der Waals surface area (Å²) in [7, 11) is 0. The molecule has 2 fully saturated rings. The molecule has 0 aromatic heterocycles. The molecule has 2 heterocycles. The fourth-order valence-corrected chi connectivity index (χ4v) is 4.44. The van der Waals surface area contributed by atoms with Gasteiger partial charge in [-0.05, 0) is 43.4 Å². The van der Waals surface area contributed by atoms with Crippen molar-refractivity contribution in [1.29, 1.82) is 0 Å². The molecule has 1 N–H and O–H groups in total. The molecule has 0 spiro atoms. The van der Waals surface area contributed by atoms with Crippen LogP contribution in [0, 0.1) is 11.3 Å². The van der Waals surface area contributed by atoms with Gasteiger partial charge in [-0.3, -0.25) is 19.2 Å². The van der Waals surface area contributed by atoms with Gasteiger partial charge in [0.2, 0.25) is 17.7 Å². The van der Waals surface area contributed by atoms with Crippen LogP contribution in [0.2, 0.25) is 0 Å². The van der Waals surface area contributed by atoms with E-state index in [0.717, 1.165) is 19.3 Å². The SMILES string of the molecule is CC(C)CC(=O)N1CCC[C@H]1C(=O)C1CCCN1C(=O)CCC(=O)NCCC(C)(C)C. The van der Waals surface area contributed by atoms with Crippen LogP contribution in [-0.4, -0.2) is 65.0 Å². The standard InChI is InChI=1S/C24H41N3O4/c1-17(2)16-22(30)27-15-7-9-19(27)23(31)18-8-6-14-26(18)21(29)11-10-20(28)25-13-12-24(3,4)5/h17-19H,6-16H2,1-5H3,(H,25,28)/t18?,19-/m0/s1. The molecule has 2 rings (SSSR count). The first-order chi connectivity index (χ1) is 14.5. The molecule has 0 aliphatic carbocycles. The van der Waals surface area contributed by atoms with Crippen LogP contribution in [-0.2, 0) is 19.2 Å². The van der Waals surface area contributed by atoms with Gasteiger partial charge < -0.3 is 15.1 Å². The quantitative estimate of drug-likeness (QED) is 0.603. The molecule has 0 aromatic carbocycles. The molecule has 0 radical (unpaired) electrons. The smallest absolute Gasteiger partial charge is 0.223 e. The van der Waals surface area contributed by atoms with Crippen molar-refractivity contribution in [2.45, 2.75) is 98.1 Å². The Balaban J connectivity index is 1.88. The summed E-state index contributed by atoms with van der Waals surface area (Å²) in [5.41, 5.74) is 0.150. The minimum absolute atomic E-state index is 0.00455. The highest BCUT2D eigenvalue weighted by molar-refractivity contribution is 5.96. The fourth-order valence-electron chi connectivity index (χ4n) is 4.44. The zero-order valence-electron chi connectivity index (χ0n) is 20.0. The zero-order valence-corrected chi connectivity index (χ0v) is 20.0. The minimum atomic E-state index is -0.464. The maximum atomic E-state index is 13.3. The molecule has 7 heteroatoms. The van der Waals surface area contributed by atoms with Gasteiger partial charge in [-0.25, -0.2) is 0 Å². The number of carbonyl (C=O) groups excluding carboxylic acids is 4. The van der Waals surface area contributed by atoms with E-state index < -0.39 is 12.1 Å². The molecule has 1 unspecified atom stereocenters. The molecule has 0 bridgehead atoms. The monoisotopic (exact) mass is 435 g/mol. The van der Waals surface area contributed by atoms with E-state index in [4.69, 9.17) is 0 Å². The van der Waals surface area contributed by atoms with Crippen molar-refractivity contribution in [3.8, 4) is 0 Å². The normalized spacial score (nSPS) is 21.6. The van der Waals surface area contributed by atoms with Crippen LogP contribution in [0.3, 0.4) is 0 Å². The predicted octanol–water partition coefficient (Wildman–Crippen LogP) is 2.92. The van der Waals surface area contributed by atoms with Crippen LogP contribution in [0.15, 0.2) is 0 Å². The third kappa shape index (κ3) is 7.62. The number of likely N-dealkylation sites (tertiary alicyclic amines) is 2. The Morgan fingerprint density at radius 3 is 1.97 bits per heavy atom. The maximum Gasteiger partial charge on any atom is 0.223 e. The molecule has 2 aliphatic heterocycles. The molecule has 3 amide bonds. The van der Waals surface area contributed by atoms with E-state index in [2.05, 4.69) is 26.1 Å². The number of nitrogens with one attached hydrogen (secondary N) is 1. The van der Waals surface area contributed by atoms with Crippen LogP contribution in [0.5, 0.6) is 0 Å². The van der Waals surface area contributed by atoms with Crippen LogP contribution >= 0.6 is 0 Å². The molecule has 2 aliphatic rings. The molecular formula is C24H41N3O4. The average Bonchev–Trinajstić information content (AvgIpc) is 3.33. The second-order valence-corrected chi connectivity index (χ2v) is 10.7. The molecular weight excluding hydrogens is 394 g/mol. The summed E-state index contributed by atoms with van der Waals surface area (Å²) in [6.07, 6.45) is 4.52. The first-order valence-corrected chi connectivity index (χ1v) is 11.9. The second kappa shape index (κ2) is 11.1. The van der Waals surface area contributed by atoms with Crippen molar-refractivity contribution in [1.82, 2.24) is 15.1 Å². The zero-order chi connectivity index (χ0) is 23.2. The third-order valence-electron chi connectivity index (χ3n) is 6.15. The van der Waals surface area contributed by atoms with Crippen molar-refractivity contribution in [3.63, 3.8) is 0 Å². The Labute approximate surface area is 187 Å². The Morgan fingerprint density at radius 2 is 1.45 bits per heavy atom. The summed E-state index contributed by atoms with van der Waals surface area (Å²) < 4.78 is 0. The highest BCUT2D eigenvalue weighted by atomic mass is 16.2. The Hall–Kier alpha value is -1.92. The number of hydrogen-bond donors (Lipinski definition) is 1. The van der Waals surface area contributed by atoms with Crippen molar-refractivity contribution < 1.29 is 19.2 Å². The average molecular weight is 436 g/mol. The van der Waals surface area contributed by atoms with Crippen molar-refractivity contribution in [2.75, 3.05) is 19.6 Å². The van der Waals surface area contributed by atoms with Crippen LogP contribution < -0.4 is 5.32 Å². The molecule has 176 valence electrons. The first kappa shape index (κ1) is 25.3. The first-order valence-electron chi connectivity index (χ1n) is 11.9. The van der Waals surface area contributed by atoms with E-state index in [-0.39, 0.29) is 47.7 Å². The molecule has 0 saturated carbocycles. The molecule has 0 aromatic rings. The number of nitrogens with zero attached hydrogens (tertiary/aromatic N) is 2. The van der Waals surface area contributed by atoms with Crippen LogP contribution in [0.25, 0.3) is 0 Å². The van der Waals surface area contributed by atoms with Gasteiger partial charge in [-0.2, -0.15) is 0 Å². The third-order valence-corrected chi connectivity index (χ3v) is 6.15. The van der Waals surface area contributed by atoms with E-state index in [9.17, 15) is 19.2 Å². The summed E-state index contributed by atoms with van der Waals surface area (Å²) >= 11 is 0. The lowest BCUT2D eigenvalue weighted by Crippen LogP contribution is -2.50. The summed E-state index contributed by atoms with van der Waals surface area (Å²) in [5.74, 6) is 0.0208. The van der Waals surface area contributed by atoms with E-state index >= 15 is 0 Å². The Bertz CT molecular complexity index is 668. The van der Waals surface area contributed by atoms with E-state index in [1.54, 1.807) is 9.80 Å². The topological polar surface area (TPSA) is 86.8 Å². The number of amides is 3. The minimum Gasteiger partial charge on any atom is -0.356 e. The maximum absolute atomic E-state index is 13.3. The van der Waals surface area contributed by atoms with Crippen LogP contribution in [0.1, 0.15) is 86.0 Å². The molecule has 31 heavy (non-hydrogen) atoms. The molecule has 7 nitrogen and oxygen atoms in total. The summed E-state index contributed by atoms with van der Waals surface area (Å²) in [6.45, 7) is 12.1. The van der Waals surface area contributed by atoms with E-state index in [1.165, 1.54) is 0 Å². The van der Waals surface area contributed by atoms with Gasteiger partial charge in [0.15, 0.2) is 5.78 Å². The highest BCUT2D eigenvalue weighted by Crippen LogP contribution is 2.27. The number of hydrogen-bond acceptors (Lipinski definition) is 4. The van der Waals surface area contributed by atoms with Crippen molar-refractivity contribution >= 4 is 23.5 Å². The van der Waals surface area contributed by atoms with Gasteiger partial charge in [0.05, 0.1) is 12.1 Å². The van der Waals surface area contributed by atoms with Gasteiger partial charge in [-0.15, -0.1) is 0 Å². The number of rotatable bonds is 9. The number of carbonyl (C=O) groups is 4. The van der Waals surface area contributed by atoms with Gasteiger partial charge in [0.1, 0.15) is 0 Å². The number of ketones is 1. The fraction of sp³-hybridized carbons (Fsp3) is 0.833. The summed E-state index contributed by atoms with van der Waals surface area (Å²) in [4.78, 5) is 54.1. The van der Waals surface area contributed by atoms with Gasteiger partial charge in [0, 0.05) is 38.9 Å². The highest BCUT2D eigenvalue weighted by Gasteiger charge is 2.42. The Kier molecular flexibility index (Phi) is 9.07. The van der Waals surface area contributed by atoms with E-state index in [0.29, 0.717) is 38.9 Å². The molecule has 2 saturated heterocycles. The van der Waals surface area contributed by atoms with Gasteiger partial charge >= 0.3 is 0 Å². The van der Waals surface area contributed by atoms with Crippen molar-refractivity contribution in [3.05, 3.63) is 0 Å². The summed E-state index contributed by atoms with van der Waals surface area (Å²) in [6, 6.07) is -0.876. The van der Waals surface area contributed by atoms with Crippen LogP contribution in [0.4, 0.5) is 0 Å². The van der Waals surface area contributed by atoms with Crippen molar-refractivity contribution in [2.24, 2.45) is 11.3 Å². The second-order valence-electron chi connectivity index (χ2n) is 10.7. The Morgan fingerprint density at radius 1 is 0.903 bits per heavy atom. The summed E-state index contributed by atoms with van der Waals surface area (Å²) in [5, 5.41) is 2.88. The lowest BCUT2D eigenvalue weighted by Gasteiger charge is -2.30. The molecule has 2 atom stereocenters. The predicted molar refractivity (Wildman–Crippen MR) is 120 cm³/mol. The largest absolute Gasteiger partial charge is 0.356 e. The van der Waals surface area contributed by atoms with E-state index in [1.807, 2.05) is 13.8 Å².